The Morgan fingerprint density at radius 1 is 1.07 bits per heavy atom. The normalized spacial score (nSPS) is 14.5. The van der Waals surface area contributed by atoms with E-state index in [1.54, 1.807) is 4.52 Å². The first-order chi connectivity index (χ1) is 13.7. The largest absolute Gasteiger partial charge is 0.353 e. The zero-order chi connectivity index (χ0) is 19.7. The fourth-order valence-corrected chi connectivity index (χ4v) is 3.78. The topological polar surface area (TPSA) is 99.1 Å². The Morgan fingerprint density at radius 2 is 1.82 bits per heavy atom. The molecule has 1 saturated heterocycles. The van der Waals surface area contributed by atoms with E-state index in [9.17, 15) is 5.26 Å². The van der Waals surface area contributed by atoms with Crippen molar-refractivity contribution in [3.63, 3.8) is 0 Å². The van der Waals surface area contributed by atoms with Gasteiger partial charge in [-0.15, -0.1) is 5.10 Å². The van der Waals surface area contributed by atoms with E-state index in [0.717, 1.165) is 61.8 Å². The summed E-state index contributed by atoms with van der Waals surface area (Å²) < 4.78 is 1.77. The Balaban J connectivity index is 1.60. The summed E-state index contributed by atoms with van der Waals surface area (Å²) in [5.41, 5.74) is 3.52. The van der Waals surface area contributed by atoms with Gasteiger partial charge in [-0.05, 0) is 25.3 Å². The van der Waals surface area contributed by atoms with E-state index in [1.807, 2.05) is 19.9 Å². The van der Waals surface area contributed by atoms with Gasteiger partial charge in [0.15, 0.2) is 5.82 Å². The van der Waals surface area contributed by atoms with E-state index in [4.69, 9.17) is 0 Å². The average molecular weight is 377 g/mol. The summed E-state index contributed by atoms with van der Waals surface area (Å²) >= 11 is 0. The molecule has 0 unspecified atom stereocenters. The molecule has 0 amide bonds. The molecule has 0 bridgehead atoms. The molecule has 28 heavy (non-hydrogen) atoms. The van der Waals surface area contributed by atoms with Crippen molar-refractivity contribution in [2.75, 3.05) is 36.0 Å². The van der Waals surface area contributed by atoms with Gasteiger partial charge in [-0.25, -0.2) is 4.98 Å². The predicted octanol–water partition coefficient (Wildman–Crippen LogP) is 1.55. The highest BCUT2D eigenvalue weighted by atomic mass is 15.4. The average Bonchev–Trinajstić information content (AvgIpc) is 3.20. The number of piperazine rings is 1. The van der Waals surface area contributed by atoms with Crippen LogP contribution in [0.25, 0.3) is 5.78 Å². The zero-order valence-electron chi connectivity index (χ0n) is 16.4. The minimum absolute atomic E-state index is 0.609. The molecule has 0 aromatic carbocycles. The summed E-state index contributed by atoms with van der Waals surface area (Å²) in [6.07, 6.45) is 3.10. The second-order valence-electron chi connectivity index (χ2n) is 6.84. The van der Waals surface area contributed by atoms with Gasteiger partial charge in [-0.1, -0.05) is 13.8 Å². The number of hydrogen-bond donors (Lipinski definition) is 0. The number of nitrogens with zero attached hydrogens (tertiary/aromatic N) is 9. The summed E-state index contributed by atoms with van der Waals surface area (Å²) in [6, 6.07) is 4.40. The fraction of sp³-hybridized carbons (Fsp3) is 0.474. The highest BCUT2D eigenvalue weighted by Gasteiger charge is 2.25. The SMILES string of the molecule is CCc1nnc(N2CCN(c3cc(C)nc4ncnn34)CC2)c(C#N)c1CC. The summed E-state index contributed by atoms with van der Waals surface area (Å²) in [7, 11) is 0. The minimum Gasteiger partial charge on any atom is -0.353 e. The van der Waals surface area contributed by atoms with Crippen molar-refractivity contribution in [3.05, 3.63) is 34.9 Å². The Morgan fingerprint density at radius 3 is 2.50 bits per heavy atom. The van der Waals surface area contributed by atoms with Crippen molar-refractivity contribution in [2.45, 2.75) is 33.6 Å². The molecule has 3 aromatic heterocycles. The van der Waals surface area contributed by atoms with Crippen LogP contribution in [0.2, 0.25) is 0 Å². The van der Waals surface area contributed by atoms with Gasteiger partial charge in [0, 0.05) is 37.9 Å². The number of rotatable bonds is 4. The summed E-state index contributed by atoms with van der Waals surface area (Å²) in [4.78, 5) is 13.0. The number of aryl methyl sites for hydroxylation is 2. The molecule has 1 fully saturated rings. The van der Waals surface area contributed by atoms with Crippen LogP contribution in [0.3, 0.4) is 0 Å². The second-order valence-corrected chi connectivity index (χ2v) is 6.84. The van der Waals surface area contributed by atoms with E-state index < -0.39 is 0 Å². The van der Waals surface area contributed by atoms with Crippen LogP contribution in [0.15, 0.2) is 12.4 Å². The molecular weight excluding hydrogens is 354 g/mol. The molecule has 0 atom stereocenters. The van der Waals surface area contributed by atoms with E-state index in [1.165, 1.54) is 6.33 Å². The lowest BCUT2D eigenvalue weighted by molar-refractivity contribution is 0.627. The Kier molecular flexibility index (Phi) is 4.77. The van der Waals surface area contributed by atoms with Gasteiger partial charge in [0.05, 0.1) is 5.69 Å². The van der Waals surface area contributed by atoms with Crippen molar-refractivity contribution in [1.29, 1.82) is 5.26 Å². The van der Waals surface area contributed by atoms with Crippen LogP contribution in [-0.2, 0) is 12.8 Å². The minimum atomic E-state index is 0.609. The molecule has 144 valence electrons. The number of anilines is 2. The predicted molar refractivity (Wildman–Crippen MR) is 105 cm³/mol. The second kappa shape index (κ2) is 7.38. The maximum Gasteiger partial charge on any atom is 0.254 e. The Labute approximate surface area is 163 Å². The first-order valence-corrected chi connectivity index (χ1v) is 9.62. The first-order valence-electron chi connectivity index (χ1n) is 9.62. The summed E-state index contributed by atoms with van der Waals surface area (Å²) in [5, 5.41) is 22.9. The molecule has 0 spiro atoms. The number of aromatic nitrogens is 6. The maximum atomic E-state index is 9.76. The molecule has 9 nitrogen and oxygen atoms in total. The molecule has 3 aromatic rings. The van der Waals surface area contributed by atoms with Gasteiger partial charge in [0.1, 0.15) is 23.8 Å². The van der Waals surface area contributed by atoms with Crippen molar-refractivity contribution >= 4 is 17.4 Å². The highest BCUT2D eigenvalue weighted by Crippen LogP contribution is 2.25. The molecule has 0 N–H and O–H groups in total. The van der Waals surface area contributed by atoms with Gasteiger partial charge >= 0.3 is 0 Å². The maximum absolute atomic E-state index is 9.76. The lowest BCUT2D eigenvalue weighted by Crippen LogP contribution is -2.48. The molecule has 1 aliphatic rings. The monoisotopic (exact) mass is 377 g/mol. The van der Waals surface area contributed by atoms with Gasteiger partial charge in [0.25, 0.3) is 5.78 Å². The van der Waals surface area contributed by atoms with Crippen LogP contribution in [-0.4, -0.2) is 56.0 Å². The van der Waals surface area contributed by atoms with E-state index in [-0.39, 0.29) is 0 Å². The van der Waals surface area contributed by atoms with Crippen molar-refractivity contribution in [2.24, 2.45) is 0 Å². The smallest absolute Gasteiger partial charge is 0.254 e. The van der Waals surface area contributed by atoms with Crippen LogP contribution in [0.4, 0.5) is 11.6 Å². The van der Waals surface area contributed by atoms with Crippen molar-refractivity contribution < 1.29 is 0 Å². The van der Waals surface area contributed by atoms with Gasteiger partial charge in [-0.3, -0.25) is 0 Å². The molecular formula is C19H23N9. The standard InChI is InChI=1S/C19H23N9/c1-4-14-15(11-20)18(25-24-16(14)5-2)27-8-6-26(7-9-27)17-10-13(3)23-19-21-12-22-28(17)19/h10,12H,4-9H2,1-3H3. The van der Waals surface area contributed by atoms with E-state index in [2.05, 4.69) is 48.1 Å². The quantitative estimate of drug-likeness (QED) is 0.675. The van der Waals surface area contributed by atoms with Gasteiger partial charge < -0.3 is 9.80 Å². The third-order valence-corrected chi connectivity index (χ3v) is 5.20. The van der Waals surface area contributed by atoms with Gasteiger partial charge in [-0.2, -0.15) is 25.0 Å². The molecule has 0 aliphatic carbocycles. The zero-order valence-corrected chi connectivity index (χ0v) is 16.4. The molecule has 4 rings (SSSR count). The van der Waals surface area contributed by atoms with Crippen molar-refractivity contribution in [3.8, 4) is 6.07 Å². The Bertz CT molecular complexity index is 1040. The number of hydrogen-bond acceptors (Lipinski definition) is 8. The van der Waals surface area contributed by atoms with E-state index >= 15 is 0 Å². The van der Waals surface area contributed by atoms with Crippen LogP contribution >= 0.6 is 0 Å². The van der Waals surface area contributed by atoms with Crippen LogP contribution in [0.5, 0.6) is 0 Å². The summed E-state index contributed by atoms with van der Waals surface area (Å²) in [5.74, 6) is 2.30. The van der Waals surface area contributed by atoms with Gasteiger partial charge in [0.2, 0.25) is 0 Å². The first kappa shape index (κ1) is 18.1. The van der Waals surface area contributed by atoms with Crippen LogP contribution in [0.1, 0.15) is 36.4 Å². The van der Waals surface area contributed by atoms with Crippen LogP contribution in [0, 0.1) is 18.3 Å². The van der Waals surface area contributed by atoms with Crippen molar-refractivity contribution in [1.82, 2.24) is 29.8 Å². The summed E-state index contributed by atoms with van der Waals surface area (Å²) in [6.45, 7) is 9.18. The third-order valence-electron chi connectivity index (χ3n) is 5.20. The number of fused-ring (bicyclic) bond motifs is 1. The molecule has 4 heterocycles. The fourth-order valence-electron chi connectivity index (χ4n) is 3.78. The molecule has 1 aliphatic heterocycles. The molecule has 0 saturated carbocycles. The third kappa shape index (κ3) is 3.01. The lowest BCUT2D eigenvalue weighted by atomic mass is 10.0. The van der Waals surface area contributed by atoms with Crippen LogP contribution < -0.4 is 9.80 Å². The highest BCUT2D eigenvalue weighted by molar-refractivity contribution is 5.59. The lowest BCUT2D eigenvalue weighted by Gasteiger charge is -2.36. The Hall–Kier alpha value is -3.28. The molecule has 9 heteroatoms. The molecule has 0 radical (unpaired) electrons. The van der Waals surface area contributed by atoms with E-state index in [0.29, 0.717) is 17.2 Å². The number of nitriles is 1.